The summed E-state index contributed by atoms with van der Waals surface area (Å²) in [5, 5.41) is 21.3. The molecule has 2 N–H and O–H groups in total. The average molecular weight is 440 g/mol. The number of aliphatic hydroxyl groups is 1. The van der Waals surface area contributed by atoms with Crippen molar-refractivity contribution in [3.8, 4) is 11.5 Å². The summed E-state index contributed by atoms with van der Waals surface area (Å²) in [6.45, 7) is 5.92. The molecule has 0 aliphatic carbocycles. The van der Waals surface area contributed by atoms with Crippen molar-refractivity contribution in [1.29, 1.82) is 0 Å². The number of aromatic nitrogens is 5. The minimum Gasteiger partial charge on any atom is -0.391 e. The van der Waals surface area contributed by atoms with Crippen LogP contribution in [-0.4, -0.2) is 72.1 Å². The van der Waals surface area contributed by atoms with E-state index in [1.54, 1.807) is 10.9 Å². The number of β-amino-alcohol motifs (C(OH)–C–C–N with tert-alkyl or cyclic N) is 1. The predicted molar refractivity (Wildman–Crippen MR) is 118 cm³/mol. The van der Waals surface area contributed by atoms with Crippen LogP contribution in [0.5, 0.6) is 0 Å². The molecule has 1 aromatic carbocycles. The van der Waals surface area contributed by atoms with E-state index in [2.05, 4.69) is 20.6 Å². The average Bonchev–Trinajstić information content (AvgIpc) is 3.44. The maximum absolute atomic E-state index is 13.6. The van der Waals surface area contributed by atoms with Crippen molar-refractivity contribution in [2.75, 3.05) is 13.6 Å². The molecule has 32 heavy (non-hydrogen) atoms. The molecule has 2 amide bonds. The summed E-state index contributed by atoms with van der Waals surface area (Å²) >= 11 is 0. The van der Waals surface area contributed by atoms with Crippen LogP contribution in [0.4, 0.5) is 0 Å². The fourth-order valence-electron chi connectivity index (χ4n) is 4.39. The molecule has 0 radical (unpaired) electrons. The monoisotopic (exact) mass is 439 g/mol. The third-order valence-corrected chi connectivity index (χ3v) is 5.96. The molecule has 3 aromatic rings. The number of likely N-dealkylation sites (N-methyl/N-ethyl adjacent to an activating group) is 1. The summed E-state index contributed by atoms with van der Waals surface area (Å²) in [5.41, 5.74) is 1.85. The maximum atomic E-state index is 13.6. The Morgan fingerprint density at radius 3 is 2.62 bits per heavy atom. The Kier molecular flexibility index (Phi) is 5.49. The van der Waals surface area contributed by atoms with Gasteiger partial charge in [-0.2, -0.15) is 0 Å². The number of likely N-dealkylation sites (tertiary alicyclic amines) is 1. The number of benzene rings is 1. The van der Waals surface area contributed by atoms with Gasteiger partial charge in [0.2, 0.25) is 11.8 Å². The normalized spacial score (nSPS) is 20.0. The molecule has 1 aliphatic heterocycles. The van der Waals surface area contributed by atoms with E-state index in [9.17, 15) is 14.7 Å². The van der Waals surface area contributed by atoms with Crippen LogP contribution in [0.2, 0.25) is 0 Å². The van der Waals surface area contributed by atoms with E-state index < -0.39 is 23.6 Å². The zero-order chi connectivity index (χ0) is 23.2. The number of para-hydroxylation sites is 2. The van der Waals surface area contributed by atoms with Crippen molar-refractivity contribution >= 4 is 22.8 Å². The van der Waals surface area contributed by atoms with E-state index in [0.717, 1.165) is 11.0 Å². The summed E-state index contributed by atoms with van der Waals surface area (Å²) in [6, 6.07) is 6.37. The van der Waals surface area contributed by atoms with E-state index in [1.807, 2.05) is 56.7 Å². The third kappa shape index (κ3) is 3.75. The molecule has 4 rings (SSSR count). The highest BCUT2D eigenvalue weighted by atomic mass is 16.3. The van der Waals surface area contributed by atoms with E-state index in [4.69, 9.17) is 0 Å². The first-order valence-electron chi connectivity index (χ1n) is 10.7. The lowest BCUT2D eigenvalue weighted by molar-refractivity contribution is -0.144. The second kappa shape index (κ2) is 8.01. The van der Waals surface area contributed by atoms with Crippen molar-refractivity contribution in [2.24, 2.45) is 12.5 Å². The Labute approximate surface area is 186 Å². The molecule has 0 bridgehead atoms. The zero-order valence-corrected chi connectivity index (χ0v) is 19.0. The topological polar surface area (TPSA) is 118 Å². The van der Waals surface area contributed by atoms with Gasteiger partial charge in [-0.1, -0.05) is 38.1 Å². The Bertz CT molecular complexity index is 1160. The largest absolute Gasteiger partial charge is 0.391 e. The van der Waals surface area contributed by atoms with Crippen LogP contribution in [-0.2, 0) is 16.6 Å². The summed E-state index contributed by atoms with van der Waals surface area (Å²) in [6.07, 6.45) is 1.19. The summed E-state index contributed by atoms with van der Waals surface area (Å²) in [4.78, 5) is 32.1. The number of aryl methyl sites for hydroxylation is 1. The van der Waals surface area contributed by atoms with E-state index in [-0.39, 0.29) is 24.8 Å². The second-order valence-corrected chi connectivity index (χ2v) is 9.35. The number of aliphatic hydroxyl groups excluding tert-OH is 1. The standard InChI is InChI=1S/C22H29N7O3/c1-22(2,3)18(21(32)28-11-13(30)10-17(28)20(31)23-4)29-12-15(25-26-29)19-24-14-8-6-7-9-16(14)27(19)5/h6-9,12-13,17-18,30H,10-11H2,1-5H3,(H,23,31)/t13?,17?,18-/m1/s1. The molecule has 2 aromatic heterocycles. The number of nitrogens with one attached hydrogen (secondary N) is 1. The Balaban J connectivity index is 1.71. The lowest BCUT2D eigenvalue weighted by Crippen LogP contribution is -2.49. The Morgan fingerprint density at radius 2 is 1.97 bits per heavy atom. The summed E-state index contributed by atoms with van der Waals surface area (Å²) in [7, 11) is 3.44. The van der Waals surface area contributed by atoms with Crippen LogP contribution in [0.1, 0.15) is 33.2 Å². The fourth-order valence-corrected chi connectivity index (χ4v) is 4.39. The molecule has 0 saturated carbocycles. The highest BCUT2D eigenvalue weighted by molar-refractivity contribution is 5.90. The molecular weight excluding hydrogens is 410 g/mol. The van der Waals surface area contributed by atoms with Crippen LogP contribution >= 0.6 is 0 Å². The van der Waals surface area contributed by atoms with Gasteiger partial charge in [-0.3, -0.25) is 9.59 Å². The van der Waals surface area contributed by atoms with Gasteiger partial charge < -0.3 is 19.9 Å². The van der Waals surface area contributed by atoms with Gasteiger partial charge in [0, 0.05) is 27.1 Å². The quantitative estimate of drug-likeness (QED) is 0.629. The number of fused-ring (bicyclic) bond motifs is 1. The molecule has 170 valence electrons. The van der Waals surface area contributed by atoms with Crippen molar-refractivity contribution in [2.45, 2.75) is 45.4 Å². The van der Waals surface area contributed by atoms with Crippen LogP contribution in [0.15, 0.2) is 30.5 Å². The number of rotatable bonds is 4. The molecule has 10 nitrogen and oxygen atoms in total. The number of imidazole rings is 1. The number of amides is 2. The third-order valence-electron chi connectivity index (χ3n) is 5.96. The first-order chi connectivity index (χ1) is 15.1. The smallest absolute Gasteiger partial charge is 0.248 e. The fraction of sp³-hybridized carbons (Fsp3) is 0.500. The minimum absolute atomic E-state index is 0.107. The van der Waals surface area contributed by atoms with Crippen LogP contribution in [0, 0.1) is 5.41 Å². The number of carbonyl (C=O) groups excluding carboxylic acids is 2. The van der Waals surface area contributed by atoms with Gasteiger partial charge in [-0.25, -0.2) is 9.67 Å². The van der Waals surface area contributed by atoms with Gasteiger partial charge in [-0.15, -0.1) is 5.10 Å². The number of carbonyl (C=O) groups is 2. The first kappa shape index (κ1) is 21.9. The van der Waals surface area contributed by atoms with Gasteiger partial charge in [0.05, 0.1) is 23.3 Å². The lowest BCUT2D eigenvalue weighted by Gasteiger charge is -2.34. The van der Waals surface area contributed by atoms with Crippen molar-refractivity contribution in [3.63, 3.8) is 0 Å². The van der Waals surface area contributed by atoms with Crippen molar-refractivity contribution in [3.05, 3.63) is 30.5 Å². The predicted octanol–water partition coefficient (Wildman–Crippen LogP) is 1.13. The Hall–Kier alpha value is -3.27. The number of hydrogen-bond donors (Lipinski definition) is 2. The number of hydrogen-bond acceptors (Lipinski definition) is 6. The van der Waals surface area contributed by atoms with Crippen molar-refractivity contribution < 1.29 is 14.7 Å². The highest BCUT2D eigenvalue weighted by Gasteiger charge is 2.45. The van der Waals surface area contributed by atoms with E-state index in [1.165, 1.54) is 11.9 Å². The van der Waals surface area contributed by atoms with Gasteiger partial charge >= 0.3 is 0 Å². The number of nitrogens with zero attached hydrogens (tertiary/aromatic N) is 6. The van der Waals surface area contributed by atoms with E-state index in [0.29, 0.717) is 11.5 Å². The van der Waals surface area contributed by atoms with Crippen LogP contribution in [0.25, 0.3) is 22.6 Å². The lowest BCUT2D eigenvalue weighted by atomic mass is 9.85. The molecule has 0 spiro atoms. The molecule has 1 saturated heterocycles. The van der Waals surface area contributed by atoms with Crippen LogP contribution < -0.4 is 5.32 Å². The Morgan fingerprint density at radius 1 is 1.25 bits per heavy atom. The first-order valence-corrected chi connectivity index (χ1v) is 10.7. The van der Waals surface area contributed by atoms with E-state index >= 15 is 0 Å². The molecule has 10 heteroatoms. The molecule has 3 heterocycles. The minimum atomic E-state index is -0.742. The maximum Gasteiger partial charge on any atom is 0.248 e. The molecule has 1 fully saturated rings. The van der Waals surface area contributed by atoms with Crippen molar-refractivity contribution in [1.82, 2.24) is 34.8 Å². The second-order valence-electron chi connectivity index (χ2n) is 9.35. The molecule has 3 atom stereocenters. The molecule has 1 aliphatic rings. The summed E-state index contributed by atoms with van der Waals surface area (Å²) < 4.78 is 3.48. The molecule has 2 unspecified atom stereocenters. The molecular formula is C22H29N7O3. The van der Waals surface area contributed by atoms with Gasteiger partial charge in [0.1, 0.15) is 17.8 Å². The van der Waals surface area contributed by atoms with Gasteiger partial charge in [0.15, 0.2) is 5.82 Å². The SMILES string of the molecule is CNC(=O)C1CC(O)CN1C(=O)[C@@H](n1cc(-c2nc3ccccc3n2C)nn1)C(C)(C)C. The van der Waals surface area contributed by atoms with Gasteiger partial charge in [0.25, 0.3) is 0 Å². The highest BCUT2D eigenvalue weighted by Crippen LogP contribution is 2.35. The zero-order valence-electron chi connectivity index (χ0n) is 19.0. The summed E-state index contributed by atoms with van der Waals surface area (Å²) in [5.74, 6) is 0.0861. The van der Waals surface area contributed by atoms with Gasteiger partial charge in [-0.05, 0) is 17.5 Å². The van der Waals surface area contributed by atoms with Crippen LogP contribution in [0.3, 0.4) is 0 Å².